The van der Waals surface area contributed by atoms with E-state index in [1.165, 1.54) is 0 Å². The van der Waals surface area contributed by atoms with Crippen molar-refractivity contribution in [3.8, 4) is 0 Å². The molecule has 1 fully saturated rings. The third-order valence-corrected chi connectivity index (χ3v) is 4.03. The van der Waals surface area contributed by atoms with Gasteiger partial charge in [0, 0.05) is 36.9 Å². The molecule has 1 aliphatic heterocycles. The van der Waals surface area contributed by atoms with E-state index in [-0.39, 0.29) is 18.3 Å². The van der Waals surface area contributed by atoms with Gasteiger partial charge in [-0.15, -0.1) is 12.4 Å². The normalized spacial score (nSPS) is 21.2. The second kappa shape index (κ2) is 6.98. The molecular formula is C15H22ClN5O. The van der Waals surface area contributed by atoms with Gasteiger partial charge in [0.25, 0.3) is 5.91 Å². The molecule has 3 rings (SSSR count). The summed E-state index contributed by atoms with van der Waals surface area (Å²) >= 11 is 0. The lowest BCUT2D eigenvalue weighted by Gasteiger charge is -2.30. The molecule has 120 valence electrons. The van der Waals surface area contributed by atoms with E-state index < -0.39 is 0 Å². The van der Waals surface area contributed by atoms with Crippen LogP contribution in [0.2, 0.25) is 0 Å². The number of nitrogens with one attached hydrogen (secondary N) is 4. The number of amides is 1. The lowest BCUT2D eigenvalue weighted by Crippen LogP contribution is -2.41. The van der Waals surface area contributed by atoms with E-state index in [0.29, 0.717) is 17.6 Å². The van der Waals surface area contributed by atoms with Gasteiger partial charge in [-0.05, 0) is 32.4 Å². The van der Waals surface area contributed by atoms with Gasteiger partial charge in [-0.25, -0.2) is 4.98 Å². The predicted molar refractivity (Wildman–Crippen MR) is 90.8 cm³/mol. The Kier molecular flexibility index (Phi) is 5.26. The molecule has 2 atom stereocenters. The average Bonchev–Trinajstić information content (AvgIpc) is 2.96. The predicted octanol–water partition coefficient (Wildman–Crippen LogP) is 1.90. The Morgan fingerprint density at radius 1 is 1.45 bits per heavy atom. The SMILES string of the molecule is CNC(=O)c1cnc2[nH]ccc2c1N[C@@H]1CCN[C@H](C)C1.Cl. The Balaban J connectivity index is 0.00000176. The highest BCUT2D eigenvalue weighted by Gasteiger charge is 2.22. The fraction of sp³-hybridized carbons (Fsp3) is 0.467. The van der Waals surface area contributed by atoms with E-state index >= 15 is 0 Å². The molecule has 1 aliphatic rings. The third-order valence-electron chi connectivity index (χ3n) is 4.03. The summed E-state index contributed by atoms with van der Waals surface area (Å²) in [6, 6.07) is 2.81. The van der Waals surface area contributed by atoms with Crippen molar-refractivity contribution in [1.82, 2.24) is 20.6 Å². The van der Waals surface area contributed by atoms with Crippen LogP contribution in [0.1, 0.15) is 30.1 Å². The minimum atomic E-state index is -0.116. The Morgan fingerprint density at radius 3 is 3.00 bits per heavy atom. The summed E-state index contributed by atoms with van der Waals surface area (Å²) < 4.78 is 0. The number of carbonyl (C=O) groups is 1. The van der Waals surface area contributed by atoms with Crippen molar-refractivity contribution >= 4 is 35.0 Å². The van der Waals surface area contributed by atoms with E-state index in [1.807, 2.05) is 12.3 Å². The summed E-state index contributed by atoms with van der Waals surface area (Å²) in [5.41, 5.74) is 2.27. The first-order valence-corrected chi connectivity index (χ1v) is 7.37. The number of rotatable bonds is 3. The van der Waals surface area contributed by atoms with Gasteiger partial charge in [-0.3, -0.25) is 4.79 Å². The standard InChI is InChI=1S/C15H21N5O.ClH/c1-9-7-10(3-5-17-9)20-13-11-4-6-18-14(11)19-8-12(13)15(21)16-2;/h4,6,8-10,17H,3,5,7H2,1-2H3,(H,16,21)(H2,18,19,20);1H/t9-,10-;/m1./s1. The molecular weight excluding hydrogens is 302 g/mol. The zero-order chi connectivity index (χ0) is 14.8. The largest absolute Gasteiger partial charge is 0.381 e. The van der Waals surface area contributed by atoms with E-state index in [9.17, 15) is 4.79 Å². The molecule has 0 bridgehead atoms. The van der Waals surface area contributed by atoms with Crippen molar-refractivity contribution in [2.45, 2.75) is 31.8 Å². The fourth-order valence-corrected chi connectivity index (χ4v) is 2.94. The molecule has 1 saturated heterocycles. The van der Waals surface area contributed by atoms with Crippen LogP contribution in [0.15, 0.2) is 18.5 Å². The molecule has 2 aromatic rings. The number of pyridine rings is 1. The first-order chi connectivity index (χ1) is 10.2. The van der Waals surface area contributed by atoms with E-state index in [0.717, 1.165) is 36.1 Å². The number of anilines is 1. The van der Waals surface area contributed by atoms with Crippen LogP contribution in [0.4, 0.5) is 5.69 Å². The van der Waals surface area contributed by atoms with Gasteiger partial charge in [-0.2, -0.15) is 0 Å². The topological polar surface area (TPSA) is 81.8 Å². The quantitative estimate of drug-likeness (QED) is 0.695. The Bertz CT molecular complexity index is 656. The first kappa shape index (κ1) is 16.6. The van der Waals surface area contributed by atoms with Gasteiger partial charge in [0.05, 0.1) is 11.3 Å². The maximum absolute atomic E-state index is 12.1. The maximum atomic E-state index is 12.1. The highest BCUT2D eigenvalue weighted by Crippen LogP contribution is 2.27. The fourth-order valence-electron chi connectivity index (χ4n) is 2.94. The van der Waals surface area contributed by atoms with Gasteiger partial charge in [0.1, 0.15) is 5.65 Å². The summed E-state index contributed by atoms with van der Waals surface area (Å²) in [5, 5.41) is 10.6. The highest BCUT2D eigenvalue weighted by molar-refractivity contribution is 6.06. The minimum absolute atomic E-state index is 0. The second-order valence-electron chi connectivity index (χ2n) is 5.59. The zero-order valence-electron chi connectivity index (χ0n) is 12.8. The molecule has 0 spiro atoms. The van der Waals surface area contributed by atoms with Gasteiger partial charge >= 0.3 is 0 Å². The lowest BCUT2D eigenvalue weighted by atomic mass is 9.99. The number of hydrogen-bond donors (Lipinski definition) is 4. The van der Waals surface area contributed by atoms with Crippen molar-refractivity contribution in [3.05, 3.63) is 24.0 Å². The van der Waals surface area contributed by atoms with Crippen molar-refractivity contribution < 1.29 is 4.79 Å². The second-order valence-corrected chi connectivity index (χ2v) is 5.59. The number of H-pyrrole nitrogens is 1. The molecule has 0 aliphatic carbocycles. The molecule has 0 aromatic carbocycles. The third kappa shape index (κ3) is 3.18. The highest BCUT2D eigenvalue weighted by atomic mass is 35.5. The van der Waals surface area contributed by atoms with E-state index in [4.69, 9.17) is 0 Å². The van der Waals surface area contributed by atoms with Crippen LogP contribution in [0.3, 0.4) is 0 Å². The number of aromatic amines is 1. The van der Waals surface area contributed by atoms with Crippen LogP contribution in [0, 0.1) is 0 Å². The average molecular weight is 324 g/mol. The molecule has 7 heteroatoms. The van der Waals surface area contributed by atoms with Crippen molar-refractivity contribution in [2.24, 2.45) is 0 Å². The van der Waals surface area contributed by atoms with E-state index in [1.54, 1.807) is 13.2 Å². The molecule has 1 amide bonds. The number of halogens is 1. The minimum Gasteiger partial charge on any atom is -0.381 e. The van der Waals surface area contributed by atoms with Crippen LogP contribution in [-0.2, 0) is 0 Å². The van der Waals surface area contributed by atoms with Crippen LogP contribution >= 0.6 is 12.4 Å². The summed E-state index contributed by atoms with van der Waals surface area (Å²) in [6.45, 7) is 3.18. The number of fused-ring (bicyclic) bond motifs is 1. The number of aromatic nitrogens is 2. The van der Waals surface area contributed by atoms with Crippen molar-refractivity contribution in [3.63, 3.8) is 0 Å². The number of hydrogen-bond acceptors (Lipinski definition) is 4. The molecule has 0 radical (unpaired) electrons. The van der Waals surface area contributed by atoms with Gasteiger partial charge in [0.2, 0.25) is 0 Å². The summed E-state index contributed by atoms with van der Waals surface area (Å²) in [5.74, 6) is -0.116. The van der Waals surface area contributed by atoms with Crippen LogP contribution < -0.4 is 16.0 Å². The molecule has 3 heterocycles. The molecule has 0 unspecified atom stereocenters. The van der Waals surface area contributed by atoms with E-state index in [2.05, 4.69) is 32.8 Å². The molecule has 0 saturated carbocycles. The molecule has 4 N–H and O–H groups in total. The summed E-state index contributed by atoms with van der Waals surface area (Å²) in [6.07, 6.45) is 5.57. The molecule has 22 heavy (non-hydrogen) atoms. The Labute approximate surface area is 135 Å². The number of piperidine rings is 1. The van der Waals surface area contributed by atoms with Crippen molar-refractivity contribution in [2.75, 3.05) is 18.9 Å². The Hall–Kier alpha value is -1.79. The van der Waals surface area contributed by atoms with Gasteiger partial charge in [-0.1, -0.05) is 0 Å². The zero-order valence-corrected chi connectivity index (χ0v) is 13.6. The first-order valence-electron chi connectivity index (χ1n) is 7.37. The number of carbonyl (C=O) groups excluding carboxylic acids is 1. The smallest absolute Gasteiger partial charge is 0.254 e. The van der Waals surface area contributed by atoms with Crippen LogP contribution in [0.5, 0.6) is 0 Å². The van der Waals surface area contributed by atoms with Gasteiger partial charge < -0.3 is 20.9 Å². The summed E-state index contributed by atoms with van der Waals surface area (Å²) in [7, 11) is 1.64. The monoisotopic (exact) mass is 323 g/mol. The Morgan fingerprint density at radius 2 is 2.27 bits per heavy atom. The maximum Gasteiger partial charge on any atom is 0.254 e. The molecule has 2 aromatic heterocycles. The molecule has 6 nitrogen and oxygen atoms in total. The number of nitrogens with zero attached hydrogens (tertiary/aromatic N) is 1. The van der Waals surface area contributed by atoms with Crippen LogP contribution in [0.25, 0.3) is 11.0 Å². The van der Waals surface area contributed by atoms with Gasteiger partial charge in [0.15, 0.2) is 0 Å². The van der Waals surface area contributed by atoms with Crippen molar-refractivity contribution in [1.29, 1.82) is 0 Å². The van der Waals surface area contributed by atoms with Crippen LogP contribution in [-0.4, -0.2) is 41.6 Å². The lowest BCUT2D eigenvalue weighted by molar-refractivity contribution is 0.0963. The summed E-state index contributed by atoms with van der Waals surface area (Å²) in [4.78, 5) is 19.5.